The Labute approximate surface area is 130 Å². The summed E-state index contributed by atoms with van der Waals surface area (Å²) in [5, 5.41) is 0. The number of carbonyl (C=O) groups is 1. The Balaban J connectivity index is 1.85. The van der Waals surface area contributed by atoms with Gasteiger partial charge in [0.1, 0.15) is 11.9 Å². The molecule has 2 aliphatic rings. The largest absolute Gasteiger partial charge is 0.341 e. The van der Waals surface area contributed by atoms with Crippen LogP contribution in [0.4, 0.5) is 0 Å². The van der Waals surface area contributed by atoms with Gasteiger partial charge in [0.05, 0.1) is 4.90 Å². The van der Waals surface area contributed by atoms with Crippen molar-refractivity contribution in [3.8, 4) is 0 Å². The normalized spacial score (nSPS) is 23.0. The molecule has 6 nitrogen and oxygen atoms in total. The van der Waals surface area contributed by atoms with Gasteiger partial charge in [0, 0.05) is 18.7 Å². The fourth-order valence-electron chi connectivity index (χ4n) is 2.86. The van der Waals surface area contributed by atoms with Crippen molar-refractivity contribution in [2.24, 2.45) is 4.99 Å². The smallest absolute Gasteiger partial charge is 0.263 e. The molecule has 0 bridgehead atoms. The fraction of sp³-hybridized carbons (Fsp3) is 0.467. The number of amidine groups is 1. The number of nitrogens with one attached hydrogen (secondary N) is 1. The van der Waals surface area contributed by atoms with E-state index in [1.165, 1.54) is 6.07 Å². The van der Waals surface area contributed by atoms with Gasteiger partial charge in [-0.1, -0.05) is 12.1 Å². The van der Waals surface area contributed by atoms with Crippen LogP contribution in [0.2, 0.25) is 0 Å². The third-order valence-electron chi connectivity index (χ3n) is 4.01. The average Bonchev–Trinajstić information content (AvgIpc) is 2.79. The first-order valence-electron chi connectivity index (χ1n) is 7.48. The minimum atomic E-state index is -3.56. The molecular weight excluding hydrogens is 302 g/mol. The van der Waals surface area contributed by atoms with Gasteiger partial charge in [-0.2, -0.15) is 0 Å². The van der Waals surface area contributed by atoms with Gasteiger partial charge in [-0.25, -0.2) is 8.42 Å². The number of aliphatic imine (C=N–C) groups is 1. The molecule has 7 heteroatoms. The molecule has 1 atom stereocenters. The summed E-state index contributed by atoms with van der Waals surface area (Å²) in [6, 6.07) is 6.07. The third kappa shape index (κ3) is 2.72. The lowest BCUT2D eigenvalue weighted by molar-refractivity contribution is -0.132. The van der Waals surface area contributed by atoms with Gasteiger partial charge in [-0.3, -0.25) is 14.5 Å². The lowest BCUT2D eigenvalue weighted by Gasteiger charge is -2.28. The molecule has 22 heavy (non-hydrogen) atoms. The molecule has 1 fully saturated rings. The zero-order chi connectivity index (χ0) is 15.7. The van der Waals surface area contributed by atoms with Crippen molar-refractivity contribution < 1.29 is 13.2 Å². The molecule has 0 aliphatic carbocycles. The van der Waals surface area contributed by atoms with Crippen molar-refractivity contribution in [2.75, 3.05) is 13.1 Å². The van der Waals surface area contributed by atoms with Gasteiger partial charge in [0.15, 0.2) is 0 Å². The first kappa shape index (κ1) is 15.0. The summed E-state index contributed by atoms with van der Waals surface area (Å²) < 4.78 is 26.5. The van der Waals surface area contributed by atoms with Crippen LogP contribution in [-0.2, 0) is 14.8 Å². The minimum absolute atomic E-state index is 0.0456. The first-order chi connectivity index (χ1) is 10.5. The predicted molar refractivity (Wildman–Crippen MR) is 83.2 cm³/mol. The lowest BCUT2D eigenvalue weighted by atomic mass is 10.1. The van der Waals surface area contributed by atoms with Gasteiger partial charge in [-0.15, -0.1) is 0 Å². The van der Waals surface area contributed by atoms with Crippen LogP contribution in [0.3, 0.4) is 0 Å². The van der Waals surface area contributed by atoms with E-state index in [1.54, 1.807) is 25.1 Å². The lowest BCUT2D eigenvalue weighted by Crippen LogP contribution is -2.41. The molecule has 0 radical (unpaired) electrons. The second kappa shape index (κ2) is 5.72. The monoisotopic (exact) mass is 321 g/mol. The number of piperidine rings is 1. The van der Waals surface area contributed by atoms with Crippen LogP contribution >= 0.6 is 0 Å². The van der Waals surface area contributed by atoms with Crippen molar-refractivity contribution >= 4 is 21.8 Å². The van der Waals surface area contributed by atoms with Gasteiger partial charge in [0.25, 0.3) is 10.0 Å². The van der Waals surface area contributed by atoms with E-state index in [1.807, 2.05) is 4.90 Å². The molecule has 0 aromatic heterocycles. The Kier molecular flexibility index (Phi) is 3.90. The van der Waals surface area contributed by atoms with E-state index >= 15 is 0 Å². The zero-order valence-electron chi connectivity index (χ0n) is 12.4. The van der Waals surface area contributed by atoms with E-state index in [0.29, 0.717) is 5.56 Å². The molecule has 2 heterocycles. The highest BCUT2D eigenvalue weighted by Gasteiger charge is 2.31. The van der Waals surface area contributed by atoms with Gasteiger partial charge in [-0.05, 0) is 38.3 Å². The average molecular weight is 321 g/mol. The Bertz CT molecular complexity index is 721. The van der Waals surface area contributed by atoms with Crippen LogP contribution < -0.4 is 4.72 Å². The van der Waals surface area contributed by atoms with Crippen molar-refractivity contribution in [3.05, 3.63) is 29.8 Å². The zero-order valence-corrected chi connectivity index (χ0v) is 13.3. The number of hydrogen-bond acceptors (Lipinski definition) is 4. The summed E-state index contributed by atoms with van der Waals surface area (Å²) in [6.07, 6.45) is 3.19. The highest BCUT2D eigenvalue weighted by atomic mass is 32.2. The molecule has 118 valence electrons. The Morgan fingerprint density at radius 1 is 1.23 bits per heavy atom. The summed E-state index contributed by atoms with van der Waals surface area (Å²) in [5.74, 6) is 0.212. The molecule has 0 spiro atoms. The van der Waals surface area contributed by atoms with Gasteiger partial charge >= 0.3 is 0 Å². The maximum Gasteiger partial charge on any atom is 0.263 e. The summed E-state index contributed by atoms with van der Waals surface area (Å²) in [7, 11) is -3.56. The first-order valence-corrected chi connectivity index (χ1v) is 8.96. The fourth-order valence-corrected chi connectivity index (χ4v) is 4.10. The number of sulfonamides is 1. The molecule has 2 aliphatic heterocycles. The van der Waals surface area contributed by atoms with E-state index < -0.39 is 16.1 Å². The number of rotatable bonds is 2. The predicted octanol–water partition coefficient (Wildman–Crippen LogP) is 1.13. The van der Waals surface area contributed by atoms with E-state index in [4.69, 9.17) is 0 Å². The molecule has 1 saturated heterocycles. The number of benzene rings is 1. The molecule has 1 amide bonds. The van der Waals surface area contributed by atoms with Crippen LogP contribution in [0, 0.1) is 0 Å². The van der Waals surface area contributed by atoms with Crippen LogP contribution in [0.5, 0.6) is 0 Å². The summed E-state index contributed by atoms with van der Waals surface area (Å²) in [6.45, 7) is 3.23. The van der Waals surface area contributed by atoms with E-state index in [-0.39, 0.29) is 16.6 Å². The molecular formula is C15H19N3O3S. The van der Waals surface area contributed by atoms with Crippen molar-refractivity contribution in [1.29, 1.82) is 0 Å². The van der Waals surface area contributed by atoms with Gasteiger partial charge in [0.2, 0.25) is 5.91 Å². The van der Waals surface area contributed by atoms with Crippen LogP contribution in [0.25, 0.3) is 0 Å². The molecule has 1 aromatic rings. The second-order valence-corrected chi connectivity index (χ2v) is 7.29. The topological polar surface area (TPSA) is 78.8 Å². The number of amides is 1. The quantitative estimate of drug-likeness (QED) is 0.887. The standard InChI is InChI=1S/C15H19N3O3S/c1-11(15(19)18-9-5-2-6-10-18)16-14-12-7-3-4-8-13(12)22(20,21)17-14/h3-4,7-8,11H,2,5-6,9-10H2,1H3,(H,16,17). The van der Waals surface area contributed by atoms with Crippen molar-refractivity contribution in [1.82, 2.24) is 9.62 Å². The summed E-state index contributed by atoms with van der Waals surface area (Å²) in [5.41, 5.74) is 0.529. The van der Waals surface area contributed by atoms with E-state index in [0.717, 1.165) is 32.4 Å². The Morgan fingerprint density at radius 2 is 1.91 bits per heavy atom. The van der Waals surface area contributed by atoms with Crippen LogP contribution in [0.1, 0.15) is 31.7 Å². The molecule has 1 aromatic carbocycles. The molecule has 1 unspecified atom stereocenters. The maximum absolute atomic E-state index is 12.4. The SMILES string of the molecule is CC(N=C1NS(=O)(=O)c2ccccc21)C(=O)N1CCCCC1. The van der Waals surface area contributed by atoms with Crippen molar-refractivity contribution in [2.45, 2.75) is 37.1 Å². The number of fused-ring (bicyclic) bond motifs is 1. The van der Waals surface area contributed by atoms with Crippen LogP contribution in [-0.4, -0.2) is 44.2 Å². The van der Waals surface area contributed by atoms with E-state index in [2.05, 4.69) is 9.71 Å². The van der Waals surface area contributed by atoms with Crippen molar-refractivity contribution in [3.63, 3.8) is 0 Å². The number of carbonyl (C=O) groups excluding carboxylic acids is 1. The number of hydrogen-bond donors (Lipinski definition) is 1. The maximum atomic E-state index is 12.4. The highest BCUT2D eigenvalue weighted by molar-refractivity contribution is 7.90. The number of likely N-dealkylation sites (tertiary alicyclic amines) is 1. The Hall–Kier alpha value is -1.89. The summed E-state index contributed by atoms with van der Waals surface area (Å²) >= 11 is 0. The molecule has 0 saturated carbocycles. The molecule has 3 rings (SSSR count). The molecule has 1 N–H and O–H groups in total. The third-order valence-corrected chi connectivity index (χ3v) is 5.41. The minimum Gasteiger partial charge on any atom is -0.341 e. The van der Waals surface area contributed by atoms with Gasteiger partial charge < -0.3 is 4.90 Å². The highest BCUT2D eigenvalue weighted by Crippen LogP contribution is 2.23. The Morgan fingerprint density at radius 3 is 2.64 bits per heavy atom. The van der Waals surface area contributed by atoms with E-state index in [9.17, 15) is 13.2 Å². The summed E-state index contributed by atoms with van der Waals surface area (Å²) in [4.78, 5) is 18.8. The second-order valence-electron chi connectivity index (χ2n) is 5.64. The number of nitrogens with zero attached hydrogens (tertiary/aromatic N) is 2. The van der Waals surface area contributed by atoms with Crippen LogP contribution in [0.15, 0.2) is 34.2 Å².